The number of carbonyl (C=O) groups excluding carboxylic acids is 1. The summed E-state index contributed by atoms with van der Waals surface area (Å²) in [6, 6.07) is 5.13. The quantitative estimate of drug-likeness (QED) is 0.802. The minimum atomic E-state index is -0.471. The second-order valence-corrected chi connectivity index (χ2v) is 3.67. The van der Waals surface area contributed by atoms with Crippen LogP contribution in [-0.4, -0.2) is 28.9 Å². The SMILES string of the molecule is C[C@H](N)C(=O)N(C)[C@H](C)c1ccccn1. The molecule has 0 radical (unpaired) electrons. The number of rotatable bonds is 3. The summed E-state index contributed by atoms with van der Waals surface area (Å²) in [5.74, 6) is -0.0758. The van der Waals surface area contributed by atoms with Gasteiger partial charge in [-0.15, -0.1) is 0 Å². The monoisotopic (exact) mass is 207 g/mol. The maximum Gasteiger partial charge on any atom is 0.239 e. The van der Waals surface area contributed by atoms with Crippen LogP contribution in [0.4, 0.5) is 0 Å². The first kappa shape index (κ1) is 11.7. The van der Waals surface area contributed by atoms with Crippen molar-refractivity contribution in [3.05, 3.63) is 30.1 Å². The van der Waals surface area contributed by atoms with E-state index in [-0.39, 0.29) is 11.9 Å². The highest BCUT2D eigenvalue weighted by atomic mass is 16.2. The number of amides is 1. The molecule has 0 aliphatic carbocycles. The van der Waals surface area contributed by atoms with Crippen LogP contribution in [-0.2, 0) is 4.79 Å². The number of nitrogens with two attached hydrogens (primary N) is 1. The number of nitrogens with zero attached hydrogens (tertiary/aromatic N) is 2. The van der Waals surface area contributed by atoms with Crippen LogP contribution in [0.2, 0.25) is 0 Å². The lowest BCUT2D eigenvalue weighted by Gasteiger charge is -2.25. The predicted molar refractivity (Wildman–Crippen MR) is 59.1 cm³/mol. The minimum absolute atomic E-state index is 0.0512. The average Bonchev–Trinajstić information content (AvgIpc) is 2.27. The van der Waals surface area contributed by atoms with Gasteiger partial charge in [0.05, 0.1) is 17.8 Å². The van der Waals surface area contributed by atoms with E-state index >= 15 is 0 Å². The summed E-state index contributed by atoms with van der Waals surface area (Å²) in [6.07, 6.45) is 1.72. The Morgan fingerprint density at radius 2 is 2.13 bits per heavy atom. The second-order valence-electron chi connectivity index (χ2n) is 3.67. The number of hydrogen-bond acceptors (Lipinski definition) is 3. The summed E-state index contributed by atoms with van der Waals surface area (Å²) in [5.41, 5.74) is 6.41. The van der Waals surface area contributed by atoms with Gasteiger partial charge in [0.25, 0.3) is 0 Å². The molecule has 1 amide bonds. The molecule has 1 heterocycles. The molecule has 2 atom stereocenters. The summed E-state index contributed by atoms with van der Waals surface area (Å²) < 4.78 is 0. The lowest BCUT2D eigenvalue weighted by molar-refractivity contribution is -0.132. The van der Waals surface area contributed by atoms with Crippen LogP contribution >= 0.6 is 0 Å². The molecule has 0 bridgehead atoms. The van der Waals surface area contributed by atoms with Gasteiger partial charge in [-0.1, -0.05) is 6.07 Å². The van der Waals surface area contributed by atoms with Crippen molar-refractivity contribution in [3.8, 4) is 0 Å². The predicted octanol–water partition coefficient (Wildman–Crippen LogP) is 0.948. The Hall–Kier alpha value is -1.42. The van der Waals surface area contributed by atoms with E-state index in [2.05, 4.69) is 4.98 Å². The van der Waals surface area contributed by atoms with Crippen molar-refractivity contribution in [2.45, 2.75) is 25.9 Å². The molecule has 4 nitrogen and oxygen atoms in total. The van der Waals surface area contributed by atoms with Crippen LogP contribution in [0.15, 0.2) is 24.4 Å². The molecular weight excluding hydrogens is 190 g/mol. The van der Waals surface area contributed by atoms with Gasteiger partial charge in [-0.05, 0) is 26.0 Å². The van der Waals surface area contributed by atoms with Gasteiger partial charge < -0.3 is 10.6 Å². The number of aromatic nitrogens is 1. The fourth-order valence-electron chi connectivity index (χ4n) is 1.33. The van der Waals surface area contributed by atoms with Crippen molar-refractivity contribution >= 4 is 5.91 Å². The van der Waals surface area contributed by atoms with Crippen molar-refractivity contribution in [1.29, 1.82) is 0 Å². The largest absolute Gasteiger partial charge is 0.336 e. The van der Waals surface area contributed by atoms with Crippen molar-refractivity contribution in [3.63, 3.8) is 0 Å². The third-order valence-corrected chi connectivity index (χ3v) is 2.43. The van der Waals surface area contributed by atoms with Gasteiger partial charge in [0.1, 0.15) is 0 Å². The highest BCUT2D eigenvalue weighted by molar-refractivity contribution is 5.81. The molecule has 0 aromatic carbocycles. The molecule has 1 aromatic heterocycles. The maximum atomic E-state index is 11.6. The molecule has 15 heavy (non-hydrogen) atoms. The summed E-state index contributed by atoms with van der Waals surface area (Å²) in [7, 11) is 1.74. The van der Waals surface area contributed by atoms with Crippen molar-refractivity contribution in [2.24, 2.45) is 5.73 Å². The highest BCUT2D eigenvalue weighted by Crippen LogP contribution is 2.16. The Bertz CT molecular complexity index is 324. The van der Waals surface area contributed by atoms with Crippen LogP contribution < -0.4 is 5.73 Å². The second kappa shape index (κ2) is 4.89. The Morgan fingerprint density at radius 1 is 1.47 bits per heavy atom. The van der Waals surface area contributed by atoms with Crippen LogP contribution in [0.25, 0.3) is 0 Å². The maximum absolute atomic E-state index is 11.6. The zero-order valence-electron chi connectivity index (χ0n) is 9.34. The van der Waals surface area contributed by atoms with Crippen molar-refractivity contribution < 1.29 is 4.79 Å². The molecule has 0 saturated heterocycles. The van der Waals surface area contributed by atoms with E-state index in [1.807, 2.05) is 25.1 Å². The van der Waals surface area contributed by atoms with Crippen LogP contribution in [0.5, 0.6) is 0 Å². The standard InChI is InChI=1S/C11H17N3O/c1-8(12)11(15)14(3)9(2)10-6-4-5-7-13-10/h4-9H,12H2,1-3H3/t8-,9+/m0/s1. The molecule has 1 rings (SSSR count). The van der Waals surface area contributed by atoms with E-state index < -0.39 is 6.04 Å². The van der Waals surface area contributed by atoms with Gasteiger partial charge in [-0.2, -0.15) is 0 Å². The lowest BCUT2D eigenvalue weighted by Crippen LogP contribution is -2.41. The number of hydrogen-bond donors (Lipinski definition) is 1. The van der Waals surface area contributed by atoms with Gasteiger partial charge in [-0.3, -0.25) is 9.78 Å². The molecular formula is C11H17N3O. The van der Waals surface area contributed by atoms with E-state index in [1.54, 1.807) is 25.1 Å². The average molecular weight is 207 g/mol. The lowest BCUT2D eigenvalue weighted by atomic mass is 10.1. The van der Waals surface area contributed by atoms with Crippen LogP contribution in [0.3, 0.4) is 0 Å². The first-order valence-corrected chi connectivity index (χ1v) is 4.97. The number of pyridine rings is 1. The third kappa shape index (κ3) is 2.76. The zero-order valence-corrected chi connectivity index (χ0v) is 9.34. The fourth-order valence-corrected chi connectivity index (χ4v) is 1.33. The van der Waals surface area contributed by atoms with Gasteiger partial charge in [0, 0.05) is 13.2 Å². The first-order valence-electron chi connectivity index (χ1n) is 4.97. The summed E-state index contributed by atoms with van der Waals surface area (Å²) in [6.45, 7) is 3.62. The molecule has 1 aromatic rings. The fraction of sp³-hybridized carbons (Fsp3) is 0.455. The minimum Gasteiger partial charge on any atom is -0.336 e. The van der Waals surface area contributed by atoms with E-state index in [0.29, 0.717) is 0 Å². The smallest absolute Gasteiger partial charge is 0.239 e. The summed E-state index contributed by atoms with van der Waals surface area (Å²) >= 11 is 0. The van der Waals surface area contributed by atoms with Crippen molar-refractivity contribution in [1.82, 2.24) is 9.88 Å². The Morgan fingerprint density at radius 3 is 2.60 bits per heavy atom. The van der Waals surface area contributed by atoms with Gasteiger partial charge in [-0.25, -0.2) is 0 Å². The molecule has 0 spiro atoms. The van der Waals surface area contributed by atoms with E-state index in [9.17, 15) is 4.79 Å². The highest BCUT2D eigenvalue weighted by Gasteiger charge is 2.20. The van der Waals surface area contributed by atoms with Crippen molar-refractivity contribution in [2.75, 3.05) is 7.05 Å². The van der Waals surface area contributed by atoms with E-state index in [4.69, 9.17) is 5.73 Å². The molecule has 0 aliphatic rings. The molecule has 82 valence electrons. The van der Waals surface area contributed by atoms with E-state index in [0.717, 1.165) is 5.69 Å². The zero-order chi connectivity index (χ0) is 11.4. The topological polar surface area (TPSA) is 59.2 Å². The Balaban J connectivity index is 2.77. The molecule has 0 saturated carbocycles. The molecule has 4 heteroatoms. The van der Waals surface area contributed by atoms with E-state index in [1.165, 1.54) is 0 Å². The molecule has 0 unspecified atom stereocenters. The number of carbonyl (C=O) groups is 1. The van der Waals surface area contributed by atoms with Crippen LogP contribution in [0.1, 0.15) is 25.6 Å². The summed E-state index contributed by atoms with van der Waals surface area (Å²) in [5, 5.41) is 0. The van der Waals surface area contributed by atoms with Gasteiger partial charge in [0.2, 0.25) is 5.91 Å². The Kier molecular flexibility index (Phi) is 3.80. The molecule has 0 aliphatic heterocycles. The first-order chi connectivity index (χ1) is 7.04. The molecule has 2 N–H and O–H groups in total. The third-order valence-electron chi connectivity index (χ3n) is 2.43. The van der Waals surface area contributed by atoms with Gasteiger partial charge >= 0.3 is 0 Å². The molecule has 0 fully saturated rings. The summed E-state index contributed by atoms with van der Waals surface area (Å²) in [4.78, 5) is 17.5. The number of likely N-dealkylation sites (N-methyl/N-ethyl adjacent to an activating group) is 1. The van der Waals surface area contributed by atoms with Gasteiger partial charge in [0.15, 0.2) is 0 Å². The normalized spacial score (nSPS) is 14.4. The van der Waals surface area contributed by atoms with Crippen LogP contribution in [0, 0.1) is 0 Å². The Labute approximate surface area is 90.1 Å².